The van der Waals surface area contributed by atoms with Crippen LogP contribution in [-0.4, -0.2) is 56.6 Å². The number of aliphatic hydroxyl groups excluding tert-OH is 1. The zero-order valence-electron chi connectivity index (χ0n) is 21.4. The third-order valence-corrected chi connectivity index (χ3v) is 9.57. The van der Waals surface area contributed by atoms with Crippen LogP contribution in [-0.2, 0) is 4.79 Å². The number of unbranched alkanes of at least 4 members (excludes halogenated alkanes) is 2. The molecule has 0 aliphatic carbocycles. The molecule has 36 heavy (non-hydrogen) atoms. The van der Waals surface area contributed by atoms with E-state index in [-0.39, 0.29) is 11.2 Å². The number of benzene rings is 2. The average molecular weight is 538 g/mol. The van der Waals surface area contributed by atoms with Crippen molar-refractivity contribution in [1.82, 2.24) is 0 Å². The van der Waals surface area contributed by atoms with E-state index in [1.54, 1.807) is 6.07 Å². The van der Waals surface area contributed by atoms with Crippen molar-refractivity contribution in [2.75, 3.05) is 30.1 Å². The van der Waals surface area contributed by atoms with E-state index in [4.69, 9.17) is 9.84 Å². The van der Waals surface area contributed by atoms with E-state index in [1.165, 1.54) is 11.8 Å². The minimum absolute atomic E-state index is 0.270. The Morgan fingerprint density at radius 1 is 1.14 bits per heavy atom. The molecule has 0 unspecified atom stereocenters. The number of thioether (sulfide) groups is 1. The van der Waals surface area contributed by atoms with Gasteiger partial charge in [0.1, 0.15) is 12.4 Å². The van der Waals surface area contributed by atoms with E-state index in [0.29, 0.717) is 17.2 Å². The highest BCUT2D eigenvalue weighted by Gasteiger charge is 2.42. The fourth-order valence-electron chi connectivity index (χ4n) is 4.86. The minimum Gasteiger partial charge on any atom is -0.489 e. The van der Waals surface area contributed by atoms with Gasteiger partial charge in [-0.15, -0.1) is 11.8 Å². The Hall–Kier alpha value is -1.91. The Morgan fingerprint density at radius 2 is 1.78 bits per heavy atom. The molecule has 200 valence electrons. The van der Waals surface area contributed by atoms with Gasteiger partial charge in [0.25, 0.3) is 0 Å². The summed E-state index contributed by atoms with van der Waals surface area (Å²) >= 11 is 1.43. The molecule has 0 bridgehead atoms. The molecule has 2 aromatic rings. The van der Waals surface area contributed by atoms with Crippen LogP contribution in [0.1, 0.15) is 52.4 Å². The highest BCUT2D eigenvalue weighted by Crippen LogP contribution is 2.62. The lowest BCUT2D eigenvalue weighted by atomic mass is 9.79. The van der Waals surface area contributed by atoms with E-state index in [0.717, 1.165) is 54.8 Å². The van der Waals surface area contributed by atoms with Crippen LogP contribution in [0.15, 0.2) is 52.3 Å². The third-order valence-electron chi connectivity index (χ3n) is 6.76. The maximum Gasteiger partial charge on any atom is 0.336 e. The van der Waals surface area contributed by atoms with Crippen molar-refractivity contribution in [2.45, 2.75) is 68.3 Å². The summed E-state index contributed by atoms with van der Waals surface area (Å²) in [5.74, 6) is -0.762. The van der Waals surface area contributed by atoms with E-state index >= 15 is 0 Å². The fourth-order valence-corrected chi connectivity index (χ4v) is 7.59. The van der Waals surface area contributed by atoms with Gasteiger partial charge >= 0.3 is 5.97 Å². The number of aliphatic carboxylic acids is 1. The Balaban J connectivity index is 2.17. The molecule has 0 fully saturated rings. The Labute approximate surface area is 220 Å². The fraction of sp³-hybridized carbons (Fsp3) is 0.519. The molecular formula is C27H39NO6S2. The first-order valence-corrected chi connectivity index (χ1v) is 15.4. The molecule has 3 rings (SSSR count). The second-order valence-corrected chi connectivity index (χ2v) is 12.5. The number of hydrogen-bond acceptors (Lipinski definition) is 7. The molecule has 1 atom stereocenters. The van der Waals surface area contributed by atoms with Gasteiger partial charge in [0.05, 0.1) is 15.5 Å². The highest BCUT2D eigenvalue weighted by atomic mass is 32.3. The molecule has 0 amide bonds. The Morgan fingerprint density at radius 3 is 2.33 bits per heavy atom. The summed E-state index contributed by atoms with van der Waals surface area (Å²) in [4.78, 5) is 14.4. The monoisotopic (exact) mass is 537 g/mol. The first-order valence-electron chi connectivity index (χ1n) is 12.5. The first-order chi connectivity index (χ1) is 17.2. The number of carboxylic acid groups (broad SMARTS) is 1. The summed E-state index contributed by atoms with van der Waals surface area (Å²) in [6.07, 6.45) is 6.11. The van der Waals surface area contributed by atoms with Gasteiger partial charge in [-0.1, -0.05) is 57.7 Å². The molecule has 1 heterocycles. The van der Waals surface area contributed by atoms with E-state index < -0.39 is 29.3 Å². The number of carboxylic acids is 1. The number of carbonyl (C=O) groups is 1. The molecule has 9 heteroatoms. The lowest BCUT2D eigenvalue weighted by Crippen LogP contribution is -2.37. The largest absolute Gasteiger partial charge is 0.489 e. The number of anilines is 2. The summed E-state index contributed by atoms with van der Waals surface area (Å²) in [5, 5.41) is 18.8. The molecule has 0 aromatic heterocycles. The van der Waals surface area contributed by atoms with Gasteiger partial charge in [-0.2, -0.15) is 10.6 Å². The van der Waals surface area contributed by atoms with Gasteiger partial charge in [0.15, 0.2) is 6.10 Å². The molecule has 7 nitrogen and oxygen atoms in total. The van der Waals surface area contributed by atoms with Gasteiger partial charge in [0, 0.05) is 29.5 Å². The zero-order chi connectivity index (χ0) is 26.3. The molecule has 0 spiro atoms. The molecule has 0 saturated heterocycles. The van der Waals surface area contributed by atoms with Gasteiger partial charge in [-0.05, 0) is 37.3 Å². The molecule has 1 aliphatic heterocycles. The SMILES string of the molecule is CCCCC1(CCCC)CN(c2ccccc2)c2cc(SC)c(OC[C@@H](O)C(=O)O)cc2S(O)(O)C1. The molecule has 1 aliphatic rings. The number of ether oxygens (including phenoxy) is 1. The number of fused-ring (bicyclic) bond motifs is 1. The summed E-state index contributed by atoms with van der Waals surface area (Å²) < 4.78 is 29.0. The van der Waals surface area contributed by atoms with Crippen LogP contribution in [0.3, 0.4) is 0 Å². The third kappa shape index (κ3) is 6.69. The Bertz CT molecular complexity index is 1010. The van der Waals surface area contributed by atoms with Crippen LogP contribution in [0.25, 0.3) is 0 Å². The van der Waals surface area contributed by atoms with Crippen LogP contribution in [0.2, 0.25) is 0 Å². The topological polar surface area (TPSA) is 110 Å². The summed E-state index contributed by atoms with van der Waals surface area (Å²) in [5.41, 5.74) is 1.43. The van der Waals surface area contributed by atoms with Gasteiger partial charge in [-0.25, -0.2) is 4.79 Å². The summed E-state index contributed by atoms with van der Waals surface area (Å²) in [6.45, 7) is 4.56. The number of nitrogens with zero attached hydrogens (tertiary/aromatic N) is 1. The number of rotatable bonds is 12. The van der Waals surface area contributed by atoms with Gasteiger partial charge in [0.2, 0.25) is 0 Å². The normalized spacial score (nSPS) is 18.1. The smallest absolute Gasteiger partial charge is 0.336 e. The van der Waals surface area contributed by atoms with Crippen molar-refractivity contribution < 1.29 is 28.8 Å². The maximum atomic E-state index is 11.7. The van der Waals surface area contributed by atoms with Crippen LogP contribution in [0.4, 0.5) is 11.4 Å². The van der Waals surface area contributed by atoms with Crippen molar-refractivity contribution in [3.05, 3.63) is 42.5 Å². The predicted molar refractivity (Wildman–Crippen MR) is 148 cm³/mol. The number of aliphatic hydroxyl groups is 1. The van der Waals surface area contributed by atoms with Crippen LogP contribution in [0.5, 0.6) is 5.75 Å². The molecule has 0 saturated carbocycles. The quantitative estimate of drug-likeness (QED) is 0.217. The zero-order valence-corrected chi connectivity index (χ0v) is 23.0. The standard InChI is InChI=1S/C27H39NO6S2/c1-4-6-13-27(14-7-5-2)18-28(20-11-9-8-10-12-20)21-15-24(35-3)23(34-17-22(29)26(30)31)16-25(21)36(32,33)19-27/h8-12,15-16,22,29,32-33H,4-7,13-14,17-19H2,1-3H3,(H,30,31)/t22-/m1/s1. The van der Waals surface area contributed by atoms with Crippen molar-refractivity contribution >= 4 is 39.7 Å². The second-order valence-electron chi connectivity index (χ2n) is 9.58. The van der Waals surface area contributed by atoms with E-state index in [9.17, 15) is 19.0 Å². The molecular weight excluding hydrogens is 498 g/mol. The van der Waals surface area contributed by atoms with Crippen molar-refractivity contribution in [1.29, 1.82) is 0 Å². The highest BCUT2D eigenvalue weighted by molar-refractivity contribution is 8.24. The van der Waals surface area contributed by atoms with Gasteiger partial charge in [-0.3, -0.25) is 9.11 Å². The van der Waals surface area contributed by atoms with Crippen molar-refractivity contribution in [3.63, 3.8) is 0 Å². The molecule has 0 radical (unpaired) electrons. The first kappa shape index (κ1) is 28.7. The van der Waals surface area contributed by atoms with Crippen molar-refractivity contribution in [3.8, 4) is 5.75 Å². The van der Waals surface area contributed by atoms with Crippen LogP contribution in [0, 0.1) is 5.41 Å². The van der Waals surface area contributed by atoms with Crippen LogP contribution >= 0.6 is 22.4 Å². The molecule has 2 aromatic carbocycles. The maximum absolute atomic E-state index is 11.7. The predicted octanol–water partition coefficient (Wildman–Crippen LogP) is 6.86. The van der Waals surface area contributed by atoms with Crippen LogP contribution < -0.4 is 9.64 Å². The Kier molecular flexibility index (Phi) is 10.00. The lowest BCUT2D eigenvalue weighted by molar-refractivity contribution is -0.148. The second kappa shape index (κ2) is 12.6. The lowest BCUT2D eigenvalue weighted by Gasteiger charge is -2.42. The minimum atomic E-state index is -3.20. The van der Waals surface area contributed by atoms with E-state index in [1.807, 2.05) is 42.7 Å². The summed E-state index contributed by atoms with van der Waals surface area (Å²) in [6, 6.07) is 13.6. The molecule has 4 N–H and O–H groups in total. The number of para-hydroxylation sites is 1. The van der Waals surface area contributed by atoms with E-state index in [2.05, 4.69) is 18.7 Å². The summed E-state index contributed by atoms with van der Waals surface area (Å²) in [7, 11) is -3.20. The average Bonchev–Trinajstić information content (AvgIpc) is 2.96. The van der Waals surface area contributed by atoms with Crippen molar-refractivity contribution in [2.24, 2.45) is 5.41 Å². The number of hydrogen-bond donors (Lipinski definition) is 4. The van der Waals surface area contributed by atoms with Gasteiger partial charge < -0.3 is 19.8 Å².